The number of esters is 1. The van der Waals surface area contributed by atoms with Crippen LogP contribution in [-0.4, -0.2) is 48.3 Å². The Hall–Kier alpha value is -0.610. The molecule has 0 aromatic rings. The van der Waals surface area contributed by atoms with Crippen LogP contribution in [0.4, 0.5) is 0 Å². The molecular weight excluding hydrogens is 230 g/mol. The summed E-state index contributed by atoms with van der Waals surface area (Å²) in [5.41, 5.74) is -0.394. The summed E-state index contributed by atoms with van der Waals surface area (Å²) in [6.45, 7) is 8.50. The van der Waals surface area contributed by atoms with Crippen molar-refractivity contribution in [1.82, 2.24) is 4.90 Å². The van der Waals surface area contributed by atoms with Crippen molar-refractivity contribution in [2.75, 3.05) is 19.7 Å². The third-order valence-corrected chi connectivity index (χ3v) is 3.50. The lowest BCUT2D eigenvalue weighted by Crippen LogP contribution is -2.43. The van der Waals surface area contributed by atoms with Crippen LogP contribution in [0.25, 0.3) is 0 Å². The van der Waals surface area contributed by atoms with Crippen LogP contribution in [0.15, 0.2) is 0 Å². The fourth-order valence-electron chi connectivity index (χ4n) is 2.73. The van der Waals surface area contributed by atoms with Crippen LogP contribution in [0.5, 0.6) is 0 Å². The van der Waals surface area contributed by atoms with Gasteiger partial charge in [-0.25, -0.2) is 0 Å². The first-order valence-electron chi connectivity index (χ1n) is 7.04. The maximum Gasteiger partial charge on any atom is 0.323 e. The Morgan fingerprint density at radius 1 is 1.33 bits per heavy atom. The molecule has 0 spiro atoms. The number of hydrogen-bond acceptors (Lipinski definition) is 4. The topological polar surface area (TPSA) is 38.8 Å². The van der Waals surface area contributed by atoms with E-state index in [4.69, 9.17) is 9.47 Å². The SMILES string of the molecule is CC(C)(C)OC(=O)[C@@H]1CCCN1CC1CCCO1. The molecular formula is C14H25NO3. The molecule has 2 saturated heterocycles. The molecule has 2 fully saturated rings. The molecule has 0 saturated carbocycles. The molecule has 2 atom stereocenters. The average molecular weight is 255 g/mol. The molecule has 0 N–H and O–H groups in total. The zero-order chi connectivity index (χ0) is 13.2. The third-order valence-electron chi connectivity index (χ3n) is 3.50. The van der Waals surface area contributed by atoms with E-state index in [0.717, 1.165) is 45.4 Å². The highest BCUT2D eigenvalue weighted by molar-refractivity contribution is 5.76. The van der Waals surface area contributed by atoms with Crippen LogP contribution < -0.4 is 0 Å². The second-order valence-corrected chi connectivity index (χ2v) is 6.32. The molecule has 18 heavy (non-hydrogen) atoms. The highest BCUT2D eigenvalue weighted by Crippen LogP contribution is 2.23. The second kappa shape index (κ2) is 5.57. The van der Waals surface area contributed by atoms with Gasteiger partial charge in [-0.05, 0) is 53.0 Å². The number of nitrogens with zero attached hydrogens (tertiary/aromatic N) is 1. The minimum atomic E-state index is -0.394. The van der Waals surface area contributed by atoms with Gasteiger partial charge < -0.3 is 9.47 Å². The standard InChI is InChI=1S/C14H25NO3/c1-14(2,3)18-13(16)12-7-4-8-15(12)10-11-6-5-9-17-11/h11-12H,4-10H2,1-3H3/t11?,12-/m0/s1. The Kier molecular flexibility index (Phi) is 4.28. The smallest absolute Gasteiger partial charge is 0.323 e. The van der Waals surface area contributed by atoms with E-state index < -0.39 is 5.60 Å². The van der Waals surface area contributed by atoms with Gasteiger partial charge in [0.05, 0.1) is 6.10 Å². The van der Waals surface area contributed by atoms with Crippen LogP contribution >= 0.6 is 0 Å². The molecule has 2 rings (SSSR count). The Bertz CT molecular complexity index is 292. The van der Waals surface area contributed by atoms with Crippen molar-refractivity contribution in [3.05, 3.63) is 0 Å². The maximum absolute atomic E-state index is 12.1. The first-order valence-corrected chi connectivity index (χ1v) is 7.04. The summed E-state index contributed by atoms with van der Waals surface area (Å²) < 4.78 is 11.1. The molecule has 2 heterocycles. The molecule has 0 aliphatic carbocycles. The summed E-state index contributed by atoms with van der Waals surface area (Å²) in [5.74, 6) is -0.0713. The lowest BCUT2D eigenvalue weighted by molar-refractivity contribution is -0.160. The van der Waals surface area contributed by atoms with Crippen molar-refractivity contribution < 1.29 is 14.3 Å². The predicted octanol–water partition coefficient (Wildman–Crippen LogP) is 1.97. The van der Waals surface area contributed by atoms with Gasteiger partial charge in [0.25, 0.3) is 0 Å². The normalized spacial score (nSPS) is 29.7. The van der Waals surface area contributed by atoms with Crippen LogP contribution in [0.3, 0.4) is 0 Å². The quantitative estimate of drug-likeness (QED) is 0.723. The zero-order valence-corrected chi connectivity index (χ0v) is 11.8. The van der Waals surface area contributed by atoms with Gasteiger partial charge in [0, 0.05) is 13.2 Å². The lowest BCUT2D eigenvalue weighted by Gasteiger charge is -2.28. The van der Waals surface area contributed by atoms with Crippen molar-refractivity contribution in [2.45, 2.75) is 64.2 Å². The summed E-state index contributed by atoms with van der Waals surface area (Å²) in [7, 11) is 0. The molecule has 0 amide bonds. The molecule has 1 unspecified atom stereocenters. The van der Waals surface area contributed by atoms with E-state index in [9.17, 15) is 4.79 Å². The Balaban J connectivity index is 1.88. The maximum atomic E-state index is 12.1. The first-order chi connectivity index (χ1) is 8.46. The minimum absolute atomic E-state index is 0.0616. The molecule has 0 bridgehead atoms. The second-order valence-electron chi connectivity index (χ2n) is 6.32. The molecule has 2 aliphatic rings. The van der Waals surface area contributed by atoms with Gasteiger partial charge in [0.1, 0.15) is 11.6 Å². The van der Waals surface area contributed by atoms with E-state index in [1.54, 1.807) is 0 Å². The molecule has 104 valence electrons. The summed E-state index contributed by atoms with van der Waals surface area (Å²) in [6, 6.07) is -0.0616. The van der Waals surface area contributed by atoms with E-state index in [2.05, 4.69) is 4.90 Å². The average Bonchev–Trinajstić information content (AvgIpc) is 2.86. The fraction of sp³-hybridized carbons (Fsp3) is 0.929. The first kappa shape index (κ1) is 13.8. The van der Waals surface area contributed by atoms with Gasteiger partial charge >= 0.3 is 5.97 Å². The molecule has 4 nitrogen and oxygen atoms in total. The van der Waals surface area contributed by atoms with Gasteiger partial charge in [-0.1, -0.05) is 0 Å². The van der Waals surface area contributed by atoms with Gasteiger partial charge in [-0.3, -0.25) is 9.69 Å². The number of rotatable bonds is 3. The number of ether oxygens (including phenoxy) is 2. The van der Waals surface area contributed by atoms with Crippen molar-refractivity contribution in [2.24, 2.45) is 0 Å². The van der Waals surface area contributed by atoms with Gasteiger partial charge in [-0.15, -0.1) is 0 Å². The van der Waals surface area contributed by atoms with Gasteiger partial charge in [0.2, 0.25) is 0 Å². The number of carbonyl (C=O) groups excluding carboxylic acids is 1. The number of carbonyl (C=O) groups is 1. The monoisotopic (exact) mass is 255 g/mol. The highest BCUT2D eigenvalue weighted by atomic mass is 16.6. The summed E-state index contributed by atoms with van der Waals surface area (Å²) >= 11 is 0. The zero-order valence-electron chi connectivity index (χ0n) is 11.8. The van der Waals surface area contributed by atoms with E-state index in [1.165, 1.54) is 0 Å². The Morgan fingerprint density at radius 2 is 2.11 bits per heavy atom. The van der Waals surface area contributed by atoms with Crippen LogP contribution in [-0.2, 0) is 14.3 Å². The van der Waals surface area contributed by atoms with Gasteiger partial charge in [-0.2, -0.15) is 0 Å². The summed E-state index contributed by atoms with van der Waals surface area (Å²) in [6.07, 6.45) is 4.58. The lowest BCUT2D eigenvalue weighted by atomic mass is 10.1. The predicted molar refractivity (Wildman–Crippen MR) is 69.4 cm³/mol. The van der Waals surface area contributed by atoms with E-state index >= 15 is 0 Å². The third kappa shape index (κ3) is 3.69. The summed E-state index contributed by atoms with van der Waals surface area (Å²) in [4.78, 5) is 14.4. The molecule has 0 aromatic heterocycles. The van der Waals surface area contributed by atoms with Crippen molar-refractivity contribution in [1.29, 1.82) is 0 Å². The molecule has 0 radical (unpaired) electrons. The summed E-state index contributed by atoms with van der Waals surface area (Å²) in [5, 5.41) is 0. The number of hydrogen-bond donors (Lipinski definition) is 0. The van der Waals surface area contributed by atoms with Crippen molar-refractivity contribution in [3.63, 3.8) is 0 Å². The fourth-order valence-corrected chi connectivity index (χ4v) is 2.73. The van der Waals surface area contributed by atoms with Crippen molar-refractivity contribution >= 4 is 5.97 Å². The Morgan fingerprint density at radius 3 is 2.72 bits per heavy atom. The molecule has 4 heteroatoms. The Labute approximate surface area is 110 Å². The molecule has 0 aromatic carbocycles. The van der Waals surface area contributed by atoms with E-state index in [0.29, 0.717) is 6.10 Å². The van der Waals surface area contributed by atoms with Gasteiger partial charge in [0.15, 0.2) is 0 Å². The van der Waals surface area contributed by atoms with E-state index in [1.807, 2.05) is 20.8 Å². The number of likely N-dealkylation sites (tertiary alicyclic amines) is 1. The van der Waals surface area contributed by atoms with Crippen LogP contribution in [0.1, 0.15) is 46.5 Å². The van der Waals surface area contributed by atoms with Crippen molar-refractivity contribution in [3.8, 4) is 0 Å². The molecule has 2 aliphatic heterocycles. The van der Waals surface area contributed by atoms with E-state index in [-0.39, 0.29) is 12.0 Å². The largest absolute Gasteiger partial charge is 0.459 e. The van der Waals surface area contributed by atoms with Crippen LogP contribution in [0.2, 0.25) is 0 Å². The minimum Gasteiger partial charge on any atom is -0.459 e. The highest BCUT2D eigenvalue weighted by Gasteiger charge is 2.35. The van der Waals surface area contributed by atoms with Crippen LogP contribution in [0, 0.1) is 0 Å².